The summed E-state index contributed by atoms with van der Waals surface area (Å²) < 4.78 is 7.79. The topological polar surface area (TPSA) is 0 Å². The zero-order chi connectivity index (χ0) is 22.9. The maximum absolute atomic E-state index is 3.35. The number of hydrogen-bond acceptors (Lipinski definition) is 0. The van der Waals surface area contributed by atoms with Crippen molar-refractivity contribution in [3.05, 3.63) is 95.9 Å². The van der Waals surface area contributed by atoms with E-state index in [1.54, 1.807) is 22.3 Å². The first kappa shape index (κ1) is 22.9. The SMILES string of the molecule is CC1=C(C)C(C)[C]([Zr]([CH3])([CH3])(=[SiH2])[CH]2C=C(c3c(C)ccc(C)c3C)c3ccccc32)=C1C. The molecule has 31 heavy (non-hydrogen) atoms. The molecular weight excluding hydrogens is 468 g/mol. The summed E-state index contributed by atoms with van der Waals surface area (Å²) in [4.78, 5) is 0. The van der Waals surface area contributed by atoms with Crippen molar-refractivity contribution in [3.63, 3.8) is 0 Å². The molecule has 2 unspecified atom stereocenters. The van der Waals surface area contributed by atoms with Crippen molar-refractivity contribution in [2.24, 2.45) is 5.92 Å². The second-order valence-corrected chi connectivity index (χ2v) is 40.8. The van der Waals surface area contributed by atoms with Gasteiger partial charge in [0.15, 0.2) is 0 Å². The van der Waals surface area contributed by atoms with E-state index in [0.717, 1.165) is 0 Å². The second kappa shape index (κ2) is 7.39. The van der Waals surface area contributed by atoms with Crippen LogP contribution in [0.25, 0.3) is 5.57 Å². The summed E-state index contributed by atoms with van der Waals surface area (Å²) in [6.07, 6.45) is 2.69. The van der Waals surface area contributed by atoms with Crippen molar-refractivity contribution in [1.29, 1.82) is 0 Å². The average molecular weight is 506 g/mol. The Balaban J connectivity index is 1.99. The molecule has 2 aliphatic carbocycles. The summed E-state index contributed by atoms with van der Waals surface area (Å²) in [5.74, 6) is 0.588. The van der Waals surface area contributed by atoms with E-state index in [-0.39, 0.29) is 0 Å². The Hall–Kier alpha value is -1.24. The monoisotopic (exact) mass is 504 g/mol. The molecule has 0 radical (unpaired) electrons. The zero-order valence-corrected chi connectivity index (χ0v) is 24.8. The van der Waals surface area contributed by atoms with E-state index in [1.807, 2.05) is 3.28 Å². The molecule has 0 N–H and O–H groups in total. The summed E-state index contributed by atoms with van der Waals surface area (Å²) in [7, 11) is 0. The van der Waals surface area contributed by atoms with Crippen molar-refractivity contribution in [3.8, 4) is 0 Å². The van der Waals surface area contributed by atoms with E-state index < -0.39 is 17.4 Å². The van der Waals surface area contributed by atoms with Crippen LogP contribution in [0, 0.1) is 26.7 Å². The molecule has 0 amide bonds. The van der Waals surface area contributed by atoms with Gasteiger partial charge in [-0.1, -0.05) is 0 Å². The van der Waals surface area contributed by atoms with Crippen LogP contribution in [0.2, 0.25) is 9.26 Å². The van der Waals surface area contributed by atoms with Crippen molar-refractivity contribution in [2.45, 2.75) is 61.4 Å². The molecule has 0 heterocycles. The van der Waals surface area contributed by atoms with Crippen molar-refractivity contribution < 1.29 is 17.4 Å². The molecule has 0 saturated carbocycles. The van der Waals surface area contributed by atoms with E-state index in [1.165, 1.54) is 33.4 Å². The van der Waals surface area contributed by atoms with Gasteiger partial charge in [0.2, 0.25) is 0 Å². The molecule has 0 aliphatic heterocycles. The molecule has 0 nitrogen and oxygen atoms in total. The number of allylic oxidation sites excluding steroid dienone is 5. The van der Waals surface area contributed by atoms with E-state index in [4.69, 9.17) is 0 Å². The van der Waals surface area contributed by atoms with Gasteiger partial charge in [0.25, 0.3) is 0 Å². The fourth-order valence-electron chi connectivity index (χ4n) is 6.57. The Kier molecular flexibility index (Phi) is 5.47. The van der Waals surface area contributed by atoms with E-state index in [2.05, 4.69) is 107 Å². The number of hydrogen-bond donors (Lipinski definition) is 0. The molecule has 162 valence electrons. The van der Waals surface area contributed by atoms with Gasteiger partial charge in [-0.15, -0.1) is 0 Å². The predicted molar refractivity (Wildman–Crippen MR) is 137 cm³/mol. The molecule has 0 saturated heterocycles. The Bertz CT molecular complexity index is 1280. The van der Waals surface area contributed by atoms with Crippen LogP contribution in [0.4, 0.5) is 0 Å². The molecular formula is C29H38SiZr. The first-order chi connectivity index (χ1) is 14.3. The van der Waals surface area contributed by atoms with Gasteiger partial charge < -0.3 is 0 Å². The summed E-state index contributed by atoms with van der Waals surface area (Å²) in [6.45, 7) is 18.8. The van der Waals surface area contributed by atoms with Gasteiger partial charge in [-0.3, -0.25) is 0 Å². The van der Waals surface area contributed by atoms with Crippen LogP contribution in [0.3, 0.4) is 0 Å². The van der Waals surface area contributed by atoms with Crippen LogP contribution in [0.5, 0.6) is 0 Å². The van der Waals surface area contributed by atoms with Gasteiger partial charge >= 0.3 is 193 Å². The van der Waals surface area contributed by atoms with E-state index in [0.29, 0.717) is 9.54 Å². The third kappa shape index (κ3) is 3.32. The Morgan fingerprint density at radius 1 is 0.806 bits per heavy atom. The third-order valence-corrected chi connectivity index (χ3v) is 25.9. The first-order valence-corrected chi connectivity index (χ1v) is 25.2. The summed E-state index contributed by atoms with van der Waals surface area (Å²) in [6, 6.07) is 13.8. The Morgan fingerprint density at radius 3 is 2.03 bits per heavy atom. The fraction of sp³-hybridized carbons (Fsp3) is 0.379. The number of rotatable bonds is 3. The van der Waals surface area contributed by atoms with Gasteiger partial charge in [0, 0.05) is 0 Å². The van der Waals surface area contributed by atoms with Crippen LogP contribution in [0.15, 0.2) is 62.5 Å². The molecule has 0 aromatic heterocycles. The molecule has 2 heteroatoms. The standard InChI is InChI=1S/C18H17.C9H13.2CH3.H2Si.Zr/c1-12-8-9-13(2)18(14(12)3)17-11-10-15-6-4-5-7-16(15)17;1-6-5-7(2)9(4)8(6)3;;;;/h4-11H,1-3H3;6H,1-4H3;2*1H3;1H2;. The summed E-state index contributed by atoms with van der Waals surface area (Å²) >= 11 is -3.35. The van der Waals surface area contributed by atoms with Gasteiger partial charge in [-0.25, -0.2) is 0 Å². The first-order valence-electron chi connectivity index (χ1n) is 11.7. The Labute approximate surface area is 192 Å². The van der Waals surface area contributed by atoms with Crippen LogP contribution in [-0.4, -0.2) is 6.88 Å². The second-order valence-electron chi connectivity index (χ2n) is 11.2. The summed E-state index contributed by atoms with van der Waals surface area (Å²) in [5.41, 5.74) is 14.9. The molecule has 0 fully saturated rings. The van der Waals surface area contributed by atoms with Crippen molar-refractivity contribution in [2.75, 3.05) is 0 Å². The minimum absolute atomic E-state index is 0.552. The molecule has 2 aromatic rings. The summed E-state index contributed by atoms with van der Waals surface area (Å²) in [5, 5.41) is 0. The van der Waals surface area contributed by atoms with Crippen molar-refractivity contribution >= 4 is 12.5 Å². The van der Waals surface area contributed by atoms with Gasteiger partial charge in [-0.05, 0) is 0 Å². The maximum atomic E-state index is 2.71. The average Bonchev–Trinajstić information content (AvgIpc) is 3.18. The van der Waals surface area contributed by atoms with Crippen LogP contribution in [0.1, 0.15) is 64.7 Å². The molecule has 4 rings (SSSR count). The molecule has 2 aliphatic rings. The van der Waals surface area contributed by atoms with Gasteiger partial charge in [0.1, 0.15) is 0 Å². The number of benzene rings is 2. The fourth-order valence-corrected chi connectivity index (χ4v) is 25.1. The minimum atomic E-state index is -3.35. The quantitative estimate of drug-likeness (QED) is 0.375. The van der Waals surface area contributed by atoms with Gasteiger partial charge in [-0.2, -0.15) is 0 Å². The van der Waals surface area contributed by atoms with Crippen LogP contribution in [-0.2, 0) is 17.4 Å². The number of fused-ring (bicyclic) bond motifs is 1. The zero-order valence-electron chi connectivity index (χ0n) is 20.9. The normalized spacial score (nSPS) is 21.7. The molecule has 2 aromatic carbocycles. The van der Waals surface area contributed by atoms with Crippen molar-refractivity contribution in [1.82, 2.24) is 0 Å². The van der Waals surface area contributed by atoms with Crippen LogP contribution < -0.4 is 0 Å². The van der Waals surface area contributed by atoms with E-state index in [9.17, 15) is 0 Å². The molecule has 2 atom stereocenters. The van der Waals surface area contributed by atoms with E-state index >= 15 is 0 Å². The predicted octanol–water partition coefficient (Wildman–Crippen LogP) is 7.69. The number of aryl methyl sites for hydroxylation is 2. The molecule has 0 bridgehead atoms. The van der Waals surface area contributed by atoms with Crippen LogP contribution >= 0.6 is 0 Å². The third-order valence-electron chi connectivity index (χ3n) is 8.66. The molecule has 0 spiro atoms. The van der Waals surface area contributed by atoms with Gasteiger partial charge in [0.05, 0.1) is 0 Å². The Morgan fingerprint density at radius 2 is 1.42 bits per heavy atom.